The number of nitrogens with one attached hydrogen (secondary N) is 2. The standard InChI is InChI=1S/C29H37FN6O/c1-21(2)25-19-33-36-28(32-18-22-11-7-8-15-26(22)30)17-27(35-29(25)36)34-24(20-37)14-6-4-3-5-12-23-13-9-10-16-31-23/h7-11,13,15-17,19,21,24,32,37H,3-6,12,14,18,20H2,1-2H3,(H,34,35). The minimum Gasteiger partial charge on any atom is -0.394 e. The molecular weight excluding hydrogens is 467 g/mol. The summed E-state index contributed by atoms with van der Waals surface area (Å²) < 4.78 is 15.9. The molecule has 37 heavy (non-hydrogen) atoms. The zero-order valence-electron chi connectivity index (χ0n) is 21.7. The van der Waals surface area contributed by atoms with Crippen molar-refractivity contribution in [3.8, 4) is 0 Å². The highest BCUT2D eigenvalue weighted by molar-refractivity contribution is 5.61. The van der Waals surface area contributed by atoms with Gasteiger partial charge in [-0.3, -0.25) is 4.98 Å². The molecule has 1 unspecified atom stereocenters. The van der Waals surface area contributed by atoms with Crippen molar-refractivity contribution in [1.29, 1.82) is 0 Å². The molecule has 4 aromatic rings. The Bertz CT molecular complexity index is 1260. The van der Waals surface area contributed by atoms with E-state index in [0.29, 0.717) is 23.7 Å². The number of benzene rings is 1. The summed E-state index contributed by atoms with van der Waals surface area (Å²) in [7, 11) is 0. The number of fused-ring (bicyclic) bond motifs is 1. The van der Waals surface area contributed by atoms with Crippen LogP contribution in [0.3, 0.4) is 0 Å². The monoisotopic (exact) mass is 504 g/mol. The lowest BCUT2D eigenvalue weighted by atomic mass is 10.1. The van der Waals surface area contributed by atoms with Gasteiger partial charge in [-0.05, 0) is 43.4 Å². The summed E-state index contributed by atoms with van der Waals surface area (Å²) in [6, 6.07) is 14.5. The summed E-state index contributed by atoms with van der Waals surface area (Å²) in [5, 5.41) is 21.3. The van der Waals surface area contributed by atoms with Crippen LogP contribution in [-0.4, -0.2) is 37.3 Å². The number of hydrogen-bond donors (Lipinski definition) is 3. The Balaban J connectivity index is 1.39. The molecule has 7 nitrogen and oxygen atoms in total. The lowest BCUT2D eigenvalue weighted by Crippen LogP contribution is -2.24. The summed E-state index contributed by atoms with van der Waals surface area (Å²) in [6.07, 6.45) is 9.89. The lowest BCUT2D eigenvalue weighted by molar-refractivity contribution is 0.266. The molecule has 196 valence electrons. The fourth-order valence-electron chi connectivity index (χ4n) is 4.43. The molecule has 0 aliphatic carbocycles. The van der Waals surface area contributed by atoms with E-state index in [1.165, 1.54) is 6.07 Å². The van der Waals surface area contributed by atoms with E-state index in [9.17, 15) is 9.50 Å². The summed E-state index contributed by atoms with van der Waals surface area (Å²) in [5.74, 6) is 1.38. The highest BCUT2D eigenvalue weighted by atomic mass is 19.1. The van der Waals surface area contributed by atoms with Gasteiger partial charge in [0.25, 0.3) is 0 Å². The van der Waals surface area contributed by atoms with Gasteiger partial charge in [0.15, 0.2) is 5.65 Å². The second-order valence-electron chi connectivity index (χ2n) is 9.76. The van der Waals surface area contributed by atoms with E-state index in [4.69, 9.17) is 4.98 Å². The Hall–Kier alpha value is -3.52. The Labute approximate surface area is 218 Å². The average Bonchev–Trinajstić information content (AvgIpc) is 3.34. The van der Waals surface area contributed by atoms with Crippen LogP contribution >= 0.6 is 0 Å². The van der Waals surface area contributed by atoms with Crippen molar-refractivity contribution in [3.63, 3.8) is 0 Å². The van der Waals surface area contributed by atoms with Crippen molar-refractivity contribution >= 4 is 17.3 Å². The molecular formula is C29H37FN6O. The number of aliphatic hydroxyl groups is 1. The molecule has 1 atom stereocenters. The molecule has 3 N–H and O–H groups in total. The van der Waals surface area contributed by atoms with Crippen LogP contribution in [0.5, 0.6) is 0 Å². The van der Waals surface area contributed by atoms with E-state index in [1.54, 1.807) is 16.6 Å². The molecule has 3 aromatic heterocycles. The second kappa shape index (κ2) is 13.1. The molecule has 0 saturated carbocycles. The van der Waals surface area contributed by atoms with Crippen molar-refractivity contribution < 1.29 is 9.50 Å². The van der Waals surface area contributed by atoms with Gasteiger partial charge in [-0.15, -0.1) is 0 Å². The zero-order chi connectivity index (χ0) is 26.0. The molecule has 0 aliphatic rings. The fraction of sp³-hybridized carbons (Fsp3) is 0.414. The number of aromatic nitrogens is 4. The second-order valence-corrected chi connectivity index (χ2v) is 9.76. The third kappa shape index (κ3) is 7.26. The first kappa shape index (κ1) is 26.5. The van der Waals surface area contributed by atoms with Crippen LogP contribution in [0, 0.1) is 5.82 Å². The maximum Gasteiger partial charge on any atom is 0.163 e. The maximum absolute atomic E-state index is 14.2. The molecule has 3 heterocycles. The van der Waals surface area contributed by atoms with Crippen molar-refractivity contribution in [2.45, 2.75) is 70.9 Å². The van der Waals surface area contributed by atoms with Gasteiger partial charge in [0.1, 0.15) is 17.5 Å². The minimum atomic E-state index is -0.248. The van der Waals surface area contributed by atoms with Crippen LogP contribution in [0.4, 0.5) is 16.0 Å². The molecule has 0 bridgehead atoms. The van der Waals surface area contributed by atoms with E-state index < -0.39 is 0 Å². The fourth-order valence-corrected chi connectivity index (χ4v) is 4.43. The van der Waals surface area contributed by atoms with Gasteiger partial charge in [-0.1, -0.05) is 57.4 Å². The molecule has 8 heteroatoms. The van der Waals surface area contributed by atoms with Crippen molar-refractivity contribution in [2.75, 3.05) is 17.2 Å². The SMILES string of the molecule is CC(C)c1cnn2c(NCc3ccccc3F)cc(NC(CO)CCCCCCc3ccccn3)nc12. The van der Waals surface area contributed by atoms with E-state index in [-0.39, 0.29) is 24.4 Å². The van der Waals surface area contributed by atoms with Crippen LogP contribution in [0.2, 0.25) is 0 Å². The first-order valence-electron chi connectivity index (χ1n) is 13.2. The molecule has 4 rings (SSSR count). The summed E-state index contributed by atoms with van der Waals surface area (Å²) in [5.41, 5.74) is 3.50. The predicted octanol–water partition coefficient (Wildman–Crippen LogP) is 5.96. The number of hydrogen-bond acceptors (Lipinski definition) is 6. The lowest BCUT2D eigenvalue weighted by Gasteiger charge is -2.19. The van der Waals surface area contributed by atoms with Crippen molar-refractivity contribution in [1.82, 2.24) is 19.6 Å². The Kier molecular flexibility index (Phi) is 9.43. The van der Waals surface area contributed by atoms with Crippen molar-refractivity contribution in [2.24, 2.45) is 0 Å². The number of unbranched alkanes of at least 4 members (excludes halogenated alkanes) is 3. The summed E-state index contributed by atoms with van der Waals surface area (Å²) in [6.45, 7) is 4.56. The number of halogens is 1. The molecule has 0 amide bonds. The minimum absolute atomic E-state index is 0.0229. The number of anilines is 2. The first-order chi connectivity index (χ1) is 18.0. The number of nitrogens with zero attached hydrogens (tertiary/aromatic N) is 4. The van der Waals surface area contributed by atoms with Crippen LogP contribution in [-0.2, 0) is 13.0 Å². The third-order valence-corrected chi connectivity index (χ3v) is 6.57. The van der Waals surface area contributed by atoms with Gasteiger partial charge >= 0.3 is 0 Å². The van der Waals surface area contributed by atoms with E-state index >= 15 is 0 Å². The summed E-state index contributed by atoms with van der Waals surface area (Å²) >= 11 is 0. The van der Waals surface area contributed by atoms with Gasteiger partial charge < -0.3 is 15.7 Å². The van der Waals surface area contributed by atoms with Crippen LogP contribution in [0.25, 0.3) is 5.65 Å². The highest BCUT2D eigenvalue weighted by Crippen LogP contribution is 2.25. The normalized spacial score (nSPS) is 12.2. The van der Waals surface area contributed by atoms with Crippen LogP contribution < -0.4 is 10.6 Å². The maximum atomic E-state index is 14.2. The van der Waals surface area contributed by atoms with Crippen LogP contribution in [0.1, 0.15) is 68.7 Å². The molecule has 1 aromatic carbocycles. The molecule has 0 saturated heterocycles. The van der Waals surface area contributed by atoms with Crippen molar-refractivity contribution in [3.05, 3.63) is 83.6 Å². The van der Waals surface area contributed by atoms with Gasteiger partial charge in [0, 0.05) is 35.6 Å². The smallest absolute Gasteiger partial charge is 0.163 e. The molecule has 0 radical (unpaired) electrons. The first-order valence-corrected chi connectivity index (χ1v) is 13.2. The topological polar surface area (TPSA) is 87.4 Å². The number of rotatable bonds is 14. The molecule has 0 aliphatic heterocycles. The largest absolute Gasteiger partial charge is 0.394 e. The number of aryl methyl sites for hydroxylation is 1. The van der Waals surface area contributed by atoms with E-state index in [1.807, 2.05) is 36.7 Å². The Morgan fingerprint density at radius 1 is 1.03 bits per heavy atom. The Morgan fingerprint density at radius 2 is 1.84 bits per heavy atom. The van der Waals surface area contributed by atoms with E-state index in [2.05, 4.69) is 40.6 Å². The van der Waals surface area contributed by atoms with E-state index in [0.717, 1.165) is 55.4 Å². The quantitative estimate of drug-likeness (QED) is 0.184. The highest BCUT2D eigenvalue weighted by Gasteiger charge is 2.16. The number of aliphatic hydroxyl groups excluding tert-OH is 1. The third-order valence-electron chi connectivity index (χ3n) is 6.57. The molecule has 0 spiro atoms. The zero-order valence-corrected chi connectivity index (χ0v) is 21.7. The Morgan fingerprint density at radius 3 is 2.59 bits per heavy atom. The summed E-state index contributed by atoms with van der Waals surface area (Å²) in [4.78, 5) is 9.21. The predicted molar refractivity (Wildman–Crippen MR) is 146 cm³/mol. The average molecular weight is 505 g/mol. The van der Waals surface area contributed by atoms with Gasteiger partial charge in [0.2, 0.25) is 0 Å². The van der Waals surface area contributed by atoms with Gasteiger partial charge in [-0.25, -0.2) is 9.37 Å². The number of pyridine rings is 1. The van der Waals surface area contributed by atoms with Gasteiger partial charge in [0.05, 0.1) is 18.8 Å². The van der Waals surface area contributed by atoms with Gasteiger partial charge in [-0.2, -0.15) is 9.61 Å². The van der Waals surface area contributed by atoms with Crippen LogP contribution in [0.15, 0.2) is 60.9 Å². The molecule has 0 fully saturated rings.